The Morgan fingerprint density at radius 3 is 2.44 bits per heavy atom. The fourth-order valence-electron chi connectivity index (χ4n) is 4.07. The number of anilines is 1. The first-order valence-electron chi connectivity index (χ1n) is 9.00. The summed E-state index contributed by atoms with van der Waals surface area (Å²) in [6.45, 7) is 1.95. The maximum Gasteiger partial charge on any atom is 0.264 e. The Balaban J connectivity index is 1.69. The molecule has 0 bridgehead atoms. The number of aryl methyl sites for hydroxylation is 1. The second-order valence-electron chi connectivity index (χ2n) is 7.09. The van der Waals surface area contributed by atoms with Crippen LogP contribution in [0.15, 0.2) is 77.7 Å². The van der Waals surface area contributed by atoms with E-state index in [9.17, 15) is 8.42 Å². The number of sulfonamides is 1. The van der Waals surface area contributed by atoms with Crippen LogP contribution in [-0.4, -0.2) is 14.5 Å². The molecule has 1 aliphatic heterocycles. The molecule has 5 heteroatoms. The summed E-state index contributed by atoms with van der Waals surface area (Å²) in [6, 6.07) is 22.2. The van der Waals surface area contributed by atoms with Gasteiger partial charge in [-0.3, -0.25) is 4.31 Å². The third-order valence-electron chi connectivity index (χ3n) is 5.38. The summed E-state index contributed by atoms with van der Waals surface area (Å²) in [6.07, 6.45) is 0.344. The Bertz CT molecular complexity index is 1120. The molecule has 4 nitrogen and oxygen atoms in total. The number of para-hydroxylation sites is 2. The van der Waals surface area contributed by atoms with Crippen LogP contribution in [0.25, 0.3) is 0 Å². The predicted octanol–water partition coefficient (Wildman–Crippen LogP) is 4.25. The minimum Gasteiger partial charge on any atom is -0.481 e. The molecule has 3 aromatic rings. The number of ether oxygens (including phenoxy) is 1. The Morgan fingerprint density at radius 1 is 0.926 bits per heavy atom. The van der Waals surface area contributed by atoms with Gasteiger partial charge in [0.25, 0.3) is 10.0 Å². The second kappa shape index (κ2) is 5.86. The highest BCUT2D eigenvalue weighted by Crippen LogP contribution is 2.48. The lowest BCUT2D eigenvalue weighted by Crippen LogP contribution is -2.47. The van der Waals surface area contributed by atoms with Gasteiger partial charge in [-0.2, -0.15) is 0 Å². The van der Waals surface area contributed by atoms with Gasteiger partial charge < -0.3 is 4.74 Å². The molecular weight excluding hydrogens is 358 g/mol. The Morgan fingerprint density at radius 2 is 1.63 bits per heavy atom. The Labute approximate surface area is 159 Å². The normalized spacial score (nSPS) is 20.4. The standard InChI is InChI=1S/C22H19NO3S/c1-15-10-12-17(13-11-15)27(24,25)23-19-8-4-5-9-21(19)26-22-18-7-3-2-6-16(18)14-20(22)23/h2-13,20,22H,14H2,1H3/t20-,22-/m0/s1. The zero-order chi connectivity index (χ0) is 18.6. The van der Waals surface area contributed by atoms with E-state index in [1.165, 1.54) is 0 Å². The first-order chi connectivity index (χ1) is 13.1. The topological polar surface area (TPSA) is 46.6 Å². The van der Waals surface area contributed by atoms with Gasteiger partial charge in [0.2, 0.25) is 0 Å². The summed E-state index contributed by atoms with van der Waals surface area (Å²) in [5.41, 5.74) is 3.85. The van der Waals surface area contributed by atoms with Crippen molar-refractivity contribution in [2.24, 2.45) is 0 Å². The fourth-order valence-corrected chi connectivity index (χ4v) is 5.73. The number of nitrogens with zero attached hydrogens (tertiary/aromatic N) is 1. The molecule has 0 spiro atoms. The van der Waals surface area contributed by atoms with E-state index in [0.29, 0.717) is 22.8 Å². The van der Waals surface area contributed by atoms with Crippen molar-refractivity contribution in [1.82, 2.24) is 0 Å². The predicted molar refractivity (Wildman–Crippen MR) is 105 cm³/mol. The van der Waals surface area contributed by atoms with E-state index >= 15 is 0 Å². The number of hydrogen-bond acceptors (Lipinski definition) is 3. The minimum atomic E-state index is -3.71. The maximum absolute atomic E-state index is 13.6. The van der Waals surface area contributed by atoms with Crippen molar-refractivity contribution < 1.29 is 13.2 Å². The largest absolute Gasteiger partial charge is 0.481 e. The van der Waals surface area contributed by atoms with Crippen molar-refractivity contribution in [3.8, 4) is 5.75 Å². The van der Waals surface area contributed by atoms with Crippen molar-refractivity contribution in [2.75, 3.05) is 4.31 Å². The van der Waals surface area contributed by atoms with Crippen LogP contribution in [-0.2, 0) is 16.4 Å². The molecule has 0 aromatic heterocycles. The molecule has 1 heterocycles. The van der Waals surface area contributed by atoms with E-state index in [2.05, 4.69) is 6.07 Å². The third kappa shape index (κ3) is 2.46. The smallest absolute Gasteiger partial charge is 0.264 e. The van der Waals surface area contributed by atoms with Gasteiger partial charge in [0.15, 0.2) is 0 Å². The summed E-state index contributed by atoms with van der Waals surface area (Å²) in [5.74, 6) is 0.603. The number of rotatable bonds is 2. The number of hydrogen-bond donors (Lipinski definition) is 0. The van der Waals surface area contributed by atoms with Gasteiger partial charge in [-0.15, -0.1) is 0 Å². The zero-order valence-electron chi connectivity index (χ0n) is 14.9. The lowest BCUT2D eigenvalue weighted by Gasteiger charge is -2.39. The van der Waals surface area contributed by atoms with Crippen molar-refractivity contribution >= 4 is 15.7 Å². The molecule has 0 saturated carbocycles. The number of fused-ring (bicyclic) bond motifs is 4. The van der Waals surface area contributed by atoms with Gasteiger partial charge in [0.1, 0.15) is 11.9 Å². The molecule has 5 rings (SSSR count). The van der Waals surface area contributed by atoms with Crippen molar-refractivity contribution in [1.29, 1.82) is 0 Å². The maximum atomic E-state index is 13.6. The van der Waals surface area contributed by atoms with Crippen LogP contribution in [0.1, 0.15) is 22.8 Å². The van der Waals surface area contributed by atoms with E-state index in [1.807, 2.05) is 61.5 Å². The molecule has 0 amide bonds. The van der Waals surface area contributed by atoms with Crippen LogP contribution >= 0.6 is 0 Å². The Hall–Kier alpha value is -2.79. The third-order valence-corrected chi connectivity index (χ3v) is 7.23. The average molecular weight is 377 g/mol. The van der Waals surface area contributed by atoms with Gasteiger partial charge >= 0.3 is 0 Å². The average Bonchev–Trinajstić information content (AvgIpc) is 3.04. The van der Waals surface area contributed by atoms with Crippen LogP contribution in [0.5, 0.6) is 5.75 Å². The summed E-state index contributed by atoms with van der Waals surface area (Å²) < 4.78 is 35.1. The van der Waals surface area contributed by atoms with Crippen molar-refractivity contribution in [3.63, 3.8) is 0 Å². The molecule has 2 aliphatic rings. The zero-order valence-corrected chi connectivity index (χ0v) is 15.7. The highest BCUT2D eigenvalue weighted by molar-refractivity contribution is 7.92. The SMILES string of the molecule is Cc1ccc(S(=O)(=O)N2c3ccccc3O[C@H]3c4ccccc4C[C@@H]32)cc1. The van der Waals surface area contributed by atoms with E-state index in [1.54, 1.807) is 16.4 Å². The Kier molecular flexibility index (Phi) is 3.56. The molecule has 1 aliphatic carbocycles. The molecule has 0 fully saturated rings. The lowest BCUT2D eigenvalue weighted by atomic mass is 10.1. The first kappa shape index (κ1) is 16.4. The number of benzene rings is 3. The van der Waals surface area contributed by atoms with Gasteiger partial charge in [0.05, 0.1) is 16.6 Å². The van der Waals surface area contributed by atoms with E-state index in [-0.39, 0.29) is 12.1 Å². The first-order valence-corrected chi connectivity index (χ1v) is 10.4. The van der Waals surface area contributed by atoms with Crippen molar-refractivity contribution in [2.45, 2.75) is 30.4 Å². The van der Waals surface area contributed by atoms with Gasteiger partial charge in [-0.25, -0.2) is 8.42 Å². The van der Waals surface area contributed by atoms with Crippen LogP contribution in [0.3, 0.4) is 0 Å². The summed E-state index contributed by atoms with van der Waals surface area (Å²) in [5, 5.41) is 0. The molecule has 0 N–H and O–H groups in total. The van der Waals surface area contributed by atoms with Crippen LogP contribution in [0.4, 0.5) is 5.69 Å². The quantitative estimate of drug-likeness (QED) is 0.671. The van der Waals surface area contributed by atoms with E-state index in [0.717, 1.165) is 16.7 Å². The highest BCUT2D eigenvalue weighted by atomic mass is 32.2. The fraction of sp³-hybridized carbons (Fsp3) is 0.182. The molecule has 0 unspecified atom stereocenters. The summed E-state index contributed by atoms with van der Waals surface area (Å²) >= 11 is 0. The van der Waals surface area contributed by atoms with E-state index in [4.69, 9.17) is 4.74 Å². The molecule has 136 valence electrons. The monoisotopic (exact) mass is 377 g/mol. The molecule has 2 atom stereocenters. The van der Waals surface area contributed by atoms with Gasteiger partial charge in [0, 0.05) is 0 Å². The minimum absolute atomic E-state index is 0.288. The van der Waals surface area contributed by atoms with Crippen LogP contribution in [0, 0.1) is 6.92 Å². The molecule has 0 saturated heterocycles. The lowest BCUT2D eigenvalue weighted by molar-refractivity contribution is 0.175. The van der Waals surface area contributed by atoms with Crippen molar-refractivity contribution in [3.05, 3.63) is 89.5 Å². The van der Waals surface area contributed by atoms with Crippen LogP contribution in [0.2, 0.25) is 0 Å². The van der Waals surface area contributed by atoms with Gasteiger partial charge in [-0.05, 0) is 48.7 Å². The van der Waals surface area contributed by atoms with E-state index < -0.39 is 10.0 Å². The van der Waals surface area contributed by atoms with Crippen LogP contribution < -0.4 is 9.04 Å². The highest BCUT2D eigenvalue weighted by Gasteiger charge is 2.47. The molecule has 3 aromatic carbocycles. The summed E-state index contributed by atoms with van der Waals surface area (Å²) in [4.78, 5) is 0.305. The molecular formula is C22H19NO3S. The second-order valence-corrected chi connectivity index (χ2v) is 8.91. The summed E-state index contributed by atoms with van der Waals surface area (Å²) in [7, 11) is -3.71. The molecule has 0 radical (unpaired) electrons. The van der Waals surface area contributed by atoms with Gasteiger partial charge in [-0.1, -0.05) is 54.1 Å². The molecule has 27 heavy (non-hydrogen) atoms.